The van der Waals surface area contributed by atoms with E-state index in [9.17, 15) is 4.39 Å². The van der Waals surface area contributed by atoms with Crippen LogP contribution in [0.25, 0.3) is 11.1 Å². The van der Waals surface area contributed by atoms with Crippen molar-refractivity contribution in [1.29, 1.82) is 0 Å². The first-order valence-electron chi connectivity index (χ1n) is 6.89. The summed E-state index contributed by atoms with van der Waals surface area (Å²) in [5, 5.41) is 0.362. The maximum Gasteiger partial charge on any atom is 0.228 e. The number of halogens is 3. The highest BCUT2D eigenvalue weighted by molar-refractivity contribution is 6.37. The molecule has 1 aliphatic heterocycles. The number of hydrogen-bond acceptors (Lipinski definition) is 3. The topological polar surface area (TPSA) is 29.0 Å². The average molecular weight is 326 g/mol. The molecule has 2 aromatic rings. The van der Waals surface area contributed by atoms with E-state index in [4.69, 9.17) is 23.2 Å². The van der Waals surface area contributed by atoms with Crippen LogP contribution in [-0.4, -0.2) is 23.1 Å². The zero-order valence-electron chi connectivity index (χ0n) is 11.3. The molecule has 3 nitrogen and oxygen atoms in total. The molecular formula is C15H14Cl2FN3. The molecule has 0 bridgehead atoms. The molecule has 1 aromatic carbocycles. The predicted molar refractivity (Wildman–Crippen MR) is 83.5 cm³/mol. The second-order valence-corrected chi connectivity index (χ2v) is 5.72. The first kappa shape index (κ1) is 14.5. The Morgan fingerprint density at radius 1 is 0.952 bits per heavy atom. The maximum atomic E-state index is 13.9. The number of nitrogens with zero attached hydrogens (tertiary/aromatic N) is 3. The molecule has 0 unspecified atom stereocenters. The molecule has 1 saturated heterocycles. The molecular weight excluding hydrogens is 312 g/mol. The average Bonchev–Trinajstić information content (AvgIpc) is 2.49. The van der Waals surface area contributed by atoms with Crippen molar-refractivity contribution in [1.82, 2.24) is 9.97 Å². The lowest BCUT2D eigenvalue weighted by Gasteiger charge is -2.27. The van der Waals surface area contributed by atoms with Gasteiger partial charge in [0.1, 0.15) is 16.1 Å². The van der Waals surface area contributed by atoms with Crippen LogP contribution in [-0.2, 0) is 0 Å². The van der Waals surface area contributed by atoms with Crippen LogP contribution in [0.5, 0.6) is 0 Å². The lowest BCUT2D eigenvalue weighted by Crippen LogP contribution is -2.31. The third-order valence-electron chi connectivity index (χ3n) is 3.59. The zero-order valence-corrected chi connectivity index (χ0v) is 12.8. The molecule has 6 heteroatoms. The van der Waals surface area contributed by atoms with Crippen LogP contribution in [0.4, 0.5) is 10.3 Å². The van der Waals surface area contributed by atoms with E-state index in [-0.39, 0.29) is 10.3 Å². The Balaban J connectivity index is 2.02. The van der Waals surface area contributed by atoms with E-state index in [0.717, 1.165) is 25.9 Å². The highest BCUT2D eigenvalue weighted by Gasteiger charge is 2.20. The molecule has 1 aromatic heterocycles. The standard InChI is InChI=1S/C15H14Cl2FN3/c16-13-12(10-6-2-3-7-11(10)18)14(17)20-15(19-13)21-8-4-1-5-9-21/h2-3,6-7H,1,4-5,8-9H2. The third kappa shape index (κ3) is 2.97. The summed E-state index contributed by atoms with van der Waals surface area (Å²) in [6.07, 6.45) is 3.42. The van der Waals surface area contributed by atoms with E-state index in [0.29, 0.717) is 17.1 Å². The maximum absolute atomic E-state index is 13.9. The largest absolute Gasteiger partial charge is 0.341 e. The molecule has 3 rings (SSSR count). The molecule has 1 fully saturated rings. The van der Waals surface area contributed by atoms with Crippen LogP contribution in [0.2, 0.25) is 10.3 Å². The van der Waals surface area contributed by atoms with E-state index < -0.39 is 5.82 Å². The van der Waals surface area contributed by atoms with Gasteiger partial charge < -0.3 is 4.90 Å². The van der Waals surface area contributed by atoms with Crippen LogP contribution in [0.15, 0.2) is 24.3 Å². The summed E-state index contributed by atoms with van der Waals surface area (Å²) in [7, 11) is 0. The third-order valence-corrected chi connectivity index (χ3v) is 4.14. The van der Waals surface area contributed by atoms with Gasteiger partial charge in [-0.2, -0.15) is 0 Å². The van der Waals surface area contributed by atoms with Gasteiger partial charge in [0.2, 0.25) is 5.95 Å². The van der Waals surface area contributed by atoms with Gasteiger partial charge >= 0.3 is 0 Å². The number of piperidine rings is 1. The van der Waals surface area contributed by atoms with Gasteiger partial charge in [0, 0.05) is 18.7 Å². The number of rotatable bonds is 2. The van der Waals surface area contributed by atoms with Crippen molar-refractivity contribution < 1.29 is 4.39 Å². The minimum atomic E-state index is -0.393. The van der Waals surface area contributed by atoms with Crippen LogP contribution in [0.1, 0.15) is 19.3 Å². The lowest BCUT2D eigenvalue weighted by atomic mass is 10.1. The summed E-state index contributed by atoms with van der Waals surface area (Å²) in [4.78, 5) is 10.7. The van der Waals surface area contributed by atoms with Crippen LogP contribution < -0.4 is 4.90 Å². The summed E-state index contributed by atoms with van der Waals surface area (Å²) in [5.74, 6) is 0.125. The molecule has 0 atom stereocenters. The van der Waals surface area contributed by atoms with Crippen molar-refractivity contribution in [3.63, 3.8) is 0 Å². The van der Waals surface area contributed by atoms with Gasteiger partial charge in [0.15, 0.2) is 0 Å². The lowest BCUT2D eigenvalue weighted by molar-refractivity contribution is 0.568. The van der Waals surface area contributed by atoms with Crippen molar-refractivity contribution in [2.45, 2.75) is 19.3 Å². The number of aromatic nitrogens is 2. The molecule has 21 heavy (non-hydrogen) atoms. The molecule has 110 valence electrons. The SMILES string of the molecule is Fc1ccccc1-c1c(Cl)nc(N2CCCCC2)nc1Cl. The van der Waals surface area contributed by atoms with Gasteiger partial charge in [-0.05, 0) is 25.3 Å². The van der Waals surface area contributed by atoms with Gasteiger partial charge in [-0.1, -0.05) is 41.4 Å². The van der Waals surface area contributed by atoms with Crippen molar-refractivity contribution in [2.75, 3.05) is 18.0 Å². The molecule has 1 aliphatic rings. The minimum Gasteiger partial charge on any atom is -0.341 e. The van der Waals surface area contributed by atoms with Crippen LogP contribution in [0, 0.1) is 5.82 Å². The Bertz CT molecular complexity index is 634. The Kier molecular flexibility index (Phi) is 4.27. The highest BCUT2D eigenvalue weighted by atomic mass is 35.5. The summed E-state index contributed by atoms with van der Waals surface area (Å²) >= 11 is 12.5. The van der Waals surface area contributed by atoms with E-state index >= 15 is 0 Å². The molecule has 2 heterocycles. The fraction of sp³-hybridized carbons (Fsp3) is 0.333. The molecule has 0 amide bonds. The van der Waals surface area contributed by atoms with E-state index in [1.165, 1.54) is 12.5 Å². The van der Waals surface area contributed by atoms with E-state index in [1.807, 2.05) is 0 Å². The van der Waals surface area contributed by atoms with Crippen molar-refractivity contribution in [2.24, 2.45) is 0 Å². The Morgan fingerprint density at radius 3 is 2.19 bits per heavy atom. The van der Waals surface area contributed by atoms with Gasteiger partial charge in [-0.25, -0.2) is 14.4 Å². The Hall–Kier alpha value is -1.39. The normalized spacial score (nSPS) is 15.3. The van der Waals surface area contributed by atoms with Gasteiger partial charge in [-0.3, -0.25) is 0 Å². The van der Waals surface area contributed by atoms with Gasteiger partial charge in [0.25, 0.3) is 0 Å². The molecule has 0 saturated carbocycles. The van der Waals surface area contributed by atoms with Crippen molar-refractivity contribution >= 4 is 29.2 Å². The second kappa shape index (κ2) is 6.16. The number of benzene rings is 1. The quantitative estimate of drug-likeness (QED) is 0.757. The van der Waals surface area contributed by atoms with Crippen molar-refractivity contribution in [3.05, 3.63) is 40.4 Å². The summed E-state index contributed by atoms with van der Waals surface area (Å²) in [6, 6.07) is 6.32. The smallest absolute Gasteiger partial charge is 0.228 e. The summed E-state index contributed by atoms with van der Waals surface area (Å²) in [5.41, 5.74) is 0.662. The highest BCUT2D eigenvalue weighted by Crippen LogP contribution is 2.35. The van der Waals surface area contributed by atoms with Crippen molar-refractivity contribution in [3.8, 4) is 11.1 Å². The number of hydrogen-bond donors (Lipinski definition) is 0. The summed E-state index contributed by atoms with van der Waals surface area (Å²) < 4.78 is 13.9. The van der Waals surface area contributed by atoms with Crippen LogP contribution in [0.3, 0.4) is 0 Å². The van der Waals surface area contributed by atoms with Gasteiger partial charge in [0.05, 0.1) is 5.56 Å². The number of anilines is 1. The first-order valence-corrected chi connectivity index (χ1v) is 7.65. The van der Waals surface area contributed by atoms with E-state index in [2.05, 4.69) is 14.9 Å². The molecule has 0 radical (unpaired) electrons. The fourth-order valence-electron chi connectivity index (χ4n) is 2.52. The predicted octanol–water partition coefficient (Wildman–Crippen LogP) is 4.58. The Labute approximate surface area is 132 Å². The fourth-order valence-corrected chi connectivity index (χ4v) is 3.10. The zero-order chi connectivity index (χ0) is 14.8. The van der Waals surface area contributed by atoms with Gasteiger partial charge in [-0.15, -0.1) is 0 Å². The first-order chi connectivity index (χ1) is 10.2. The Morgan fingerprint density at radius 2 is 1.57 bits per heavy atom. The second-order valence-electron chi connectivity index (χ2n) is 5.01. The molecule has 0 N–H and O–H groups in total. The monoisotopic (exact) mass is 325 g/mol. The summed E-state index contributed by atoms with van der Waals surface area (Å²) in [6.45, 7) is 1.79. The minimum absolute atomic E-state index is 0.181. The van der Waals surface area contributed by atoms with Crippen LogP contribution >= 0.6 is 23.2 Å². The molecule has 0 aliphatic carbocycles. The van der Waals surface area contributed by atoms with E-state index in [1.54, 1.807) is 18.2 Å². The molecule has 0 spiro atoms.